The molecule has 1 unspecified atom stereocenters. The number of nitrogens with zero attached hydrogens (tertiary/aromatic N) is 3. The first-order chi connectivity index (χ1) is 13.9. The van der Waals surface area contributed by atoms with Crippen LogP contribution in [0.5, 0.6) is 0 Å². The molecule has 0 bridgehead atoms. The smallest absolute Gasteiger partial charge is 0.262 e. The van der Waals surface area contributed by atoms with E-state index in [1.165, 1.54) is 16.0 Å². The highest BCUT2D eigenvalue weighted by molar-refractivity contribution is 6.30. The van der Waals surface area contributed by atoms with Crippen molar-refractivity contribution in [2.75, 3.05) is 13.6 Å². The van der Waals surface area contributed by atoms with E-state index < -0.39 is 0 Å². The monoisotopic (exact) mass is 413 g/mol. The van der Waals surface area contributed by atoms with Crippen LogP contribution in [0.1, 0.15) is 36.4 Å². The van der Waals surface area contributed by atoms with E-state index in [2.05, 4.69) is 5.10 Å². The van der Waals surface area contributed by atoms with Crippen molar-refractivity contribution in [1.29, 1.82) is 0 Å². The van der Waals surface area contributed by atoms with E-state index in [1.807, 2.05) is 12.1 Å². The highest BCUT2D eigenvalue weighted by Crippen LogP contribution is 2.34. The first kappa shape index (κ1) is 19.6. The molecule has 1 fully saturated rings. The van der Waals surface area contributed by atoms with Crippen molar-refractivity contribution in [2.45, 2.75) is 25.3 Å². The second kappa shape index (κ2) is 7.95. The van der Waals surface area contributed by atoms with Crippen LogP contribution in [0.25, 0.3) is 0 Å². The molecule has 0 N–H and O–H groups in total. The second-order valence-electron chi connectivity index (χ2n) is 7.50. The number of carbonyl (C=O) groups excluding carboxylic acids is 2. The Bertz CT molecular complexity index is 972. The van der Waals surface area contributed by atoms with Crippen LogP contribution in [0.2, 0.25) is 5.02 Å². The van der Waals surface area contributed by atoms with Crippen LogP contribution < -0.4 is 0 Å². The quantitative estimate of drug-likeness (QED) is 0.743. The summed E-state index contributed by atoms with van der Waals surface area (Å²) in [6.07, 6.45) is 2.14. The first-order valence-corrected chi connectivity index (χ1v) is 9.96. The Balaban J connectivity index is 1.61. The fraction of sp³-hybridized carbons (Fsp3) is 0.318. The van der Waals surface area contributed by atoms with Gasteiger partial charge in [0, 0.05) is 30.0 Å². The Morgan fingerprint density at radius 1 is 1.17 bits per heavy atom. The van der Waals surface area contributed by atoms with E-state index in [9.17, 15) is 14.0 Å². The van der Waals surface area contributed by atoms with Crippen molar-refractivity contribution >= 4 is 29.1 Å². The number of hydrogen-bond acceptors (Lipinski definition) is 3. The van der Waals surface area contributed by atoms with Crippen LogP contribution in [0, 0.1) is 11.7 Å². The molecule has 4 rings (SSSR count). The molecule has 5 nitrogen and oxygen atoms in total. The number of hydrogen-bond donors (Lipinski definition) is 0. The van der Waals surface area contributed by atoms with Crippen LogP contribution in [-0.4, -0.2) is 41.0 Å². The molecule has 1 aliphatic carbocycles. The summed E-state index contributed by atoms with van der Waals surface area (Å²) in [6, 6.07) is 13.2. The molecule has 2 aromatic rings. The Kier molecular flexibility index (Phi) is 5.37. The lowest BCUT2D eigenvalue weighted by molar-refractivity contribution is -0.141. The van der Waals surface area contributed by atoms with Gasteiger partial charge in [-0.1, -0.05) is 41.9 Å². The second-order valence-corrected chi connectivity index (χ2v) is 7.94. The molecular weight excluding hydrogens is 393 g/mol. The molecule has 1 atom stereocenters. The molecule has 1 heterocycles. The maximum absolute atomic E-state index is 14.3. The molecule has 1 saturated carbocycles. The summed E-state index contributed by atoms with van der Waals surface area (Å²) in [5.74, 6) is -0.654. The lowest BCUT2D eigenvalue weighted by Gasteiger charge is -2.25. The first-order valence-electron chi connectivity index (χ1n) is 9.59. The summed E-state index contributed by atoms with van der Waals surface area (Å²) in [4.78, 5) is 26.7. The molecule has 7 heteroatoms. The van der Waals surface area contributed by atoms with E-state index in [-0.39, 0.29) is 36.1 Å². The van der Waals surface area contributed by atoms with Crippen LogP contribution in [0.4, 0.5) is 4.39 Å². The number of carbonyl (C=O) groups is 2. The fourth-order valence-electron chi connectivity index (χ4n) is 3.54. The van der Waals surface area contributed by atoms with Crippen molar-refractivity contribution in [3.63, 3.8) is 0 Å². The van der Waals surface area contributed by atoms with Gasteiger partial charge in [0.25, 0.3) is 5.91 Å². The van der Waals surface area contributed by atoms with Gasteiger partial charge in [0.05, 0.1) is 11.8 Å². The number of likely N-dealkylation sites (N-methyl/N-ethyl adjacent to an activating group) is 1. The maximum Gasteiger partial charge on any atom is 0.262 e. The van der Waals surface area contributed by atoms with Gasteiger partial charge in [-0.15, -0.1) is 0 Å². The summed E-state index contributed by atoms with van der Waals surface area (Å²) in [6.45, 7) is -0.0620. The van der Waals surface area contributed by atoms with Gasteiger partial charge in [0.15, 0.2) is 0 Å². The highest BCUT2D eigenvalue weighted by Gasteiger charge is 2.37. The normalized spacial score (nSPS) is 18.5. The minimum absolute atomic E-state index is 0.0149. The molecule has 1 aliphatic heterocycles. The van der Waals surface area contributed by atoms with E-state index in [1.54, 1.807) is 37.4 Å². The van der Waals surface area contributed by atoms with Gasteiger partial charge in [-0.2, -0.15) is 5.10 Å². The minimum Gasteiger partial charge on any atom is -0.336 e. The summed E-state index contributed by atoms with van der Waals surface area (Å²) in [5, 5.41) is 6.43. The van der Waals surface area contributed by atoms with E-state index in [0.29, 0.717) is 22.7 Å². The Labute approximate surface area is 173 Å². The molecular formula is C22H21ClFN3O2. The largest absolute Gasteiger partial charge is 0.336 e. The van der Waals surface area contributed by atoms with E-state index in [0.717, 1.165) is 18.4 Å². The van der Waals surface area contributed by atoms with Crippen LogP contribution in [0.3, 0.4) is 0 Å². The average molecular weight is 414 g/mol. The zero-order valence-electron chi connectivity index (χ0n) is 16.0. The van der Waals surface area contributed by atoms with Crippen molar-refractivity contribution in [3.05, 3.63) is 70.5 Å². The molecule has 0 spiro atoms. The standard InChI is InChI=1S/C22H21ClFN3O2/c1-26(22(29)15-6-7-15)13-21(28)27-20(14-8-10-16(23)11-9-14)12-19(25-27)17-4-2-3-5-18(17)24/h2-5,8-11,15,20H,6-7,12-13H2,1H3. The Hall–Kier alpha value is -2.73. The number of benzene rings is 2. The van der Waals surface area contributed by atoms with Gasteiger partial charge in [-0.05, 0) is 36.6 Å². The average Bonchev–Trinajstić information content (AvgIpc) is 3.47. The molecule has 2 aromatic carbocycles. The van der Waals surface area contributed by atoms with Gasteiger partial charge >= 0.3 is 0 Å². The van der Waals surface area contributed by atoms with Crippen molar-refractivity contribution in [2.24, 2.45) is 11.0 Å². The molecule has 29 heavy (non-hydrogen) atoms. The summed E-state index contributed by atoms with van der Waals surface area (Å²) >= 11 is 6.00. The summed E-state index contributed by atoms with van der Waals surface area (Å²) in [7, 11) is 1.63. The topological polar surface area (TPSA) is 53.0 Å². The third kappa shape index (κ3) is 4.17. The van der Waals surface area contributed by atoms with Crippen molar-refractivity contribution < 1.29 is 14.0 Å². The van der Waals surface area contributed by atoms with Crippen molar-refractivity contribution in [3.8, 4) is 0 Å². The highest BCUT2D eigenvalue weighted by atomic mass is 35.5. The molecule has 2 aliphatic rings. The van der Waals surface area contributed by atoms with Crippen molar-refractivity contribution in [1.82, 2.24) is 9.91 Å². The lowest BCUT2D eigenvalue weighted by atomic mass is 9.98. The Morgan fingerprint density at radius 3 is 2.52 bits per heavy atom. The van der Waals surface area contributed by atoms with E-state index >= 15 is 0 Å². The van der Waals surface area contributed by atoms with E-state index in [4.69, 9.17) is 11.6 Å². The predicted octanol–water partition coefficient (Wildman–Crippen LogP) is 4.03. The zero-order chi connectivity index (χ0) is 20.5. The third-order valence-electron chi connectivity index (χ3n) is 5.28. The summed E-state index contributed by atoms with van der Waals surface area (Å²) < 4.78 is 14.3. The number of rotatable bonds is 5. The van der Waals surface area contributed by atoms with Gasteiger partial charge in [-0.3, -0.25) is 9.59 Å². The number of halogens is 2. The zero-order valence-corrected chi connectivity index (χ0v) is 16.8. The summed E-state index contributed by atoms with van der Waals surface area (Å²) in [5.41, 5.74) is 1.74. The molecule has 150 valence electrons. The molecule has 0 saturated heterocycles. The fourth-order valence-corrected chi connectivity index (χ4v) is 3.66. The predicted molar refractivity (Wildman–Crippen MR) is 109 cm³/mol. The molecule has 0 aromatic heterocycles. The van der Waals surface area contributed by atoms with Gasteiger partial charge in [0.2, 0.25) is 5.91 Å². The molecule has 0 radical (unpaired) electrons. The van der Waals surface area contributed by atoms with Crippen LogP contribution in [-0.2, 0) is 9.59 Å². The van der Waals surface area contributed by atoms with Gasteiger partial charge < -0.3 is 4.90 Å². The third-order valence-corrected chi connectivity index (χ3v) is 5.53. The van der Waals surface area contributed by atoms with Gasteiger partial charge in [0.1, 0.15) is 12.4 Å². The number of amides is 2. The van der Waals surface area contributed by atoms with Crippen LogP contribution >= 0.6 is 11.6 Å². The maximum atomic E-state index is 14.3. The number of hydrazone groups is 1. The molecule has 2 amide bonds. The van der Waals surface area contributed by atoms with Crippen LogP contribution in [0.15, 0.2) is 53.6 Å². The Morgan fingerprint density at radius 2 is 1.86 bits per heavy atom. The lowest BCUT2D eigenvalue weighted by Crippen LogP contribution is -2.39. The van der Waals surface area contributed by atoms with Gasteiger partial charge in [-0.25, -0.2) is 9.40 Å². The SMILES string of the molecule is CN(CC(=O)N1N=C(c2ccccc2F)CC1c1ccc(Cl)cc1)C(=O)C1CC1. The minimum atomic E-state index is -0.378.